The van der Waals surface area contributed by atoms with Crippen LogP contribution in [0.4, 0.5) is 0 Å². The van der Waals surface area contributed by atoms with Gasteiger partial charge < -0.3 is 15.2 Å². The minimum absolute atomic E-state index is 0.0290. The van der Waals surface area contributed by atoms with Crippen LogP contribution in [0.1, 0.15) is 13.3 Å². The molecule has 0 fully saturated rings. The number of ether oxygens (including phenoxy) is 1. The van der Waals surface area contributed by atoms with Crippen molar-refractivity contribution in [3.8, 4) is 0 Å². The minimum Gasteiger partial charge on any atom is -0.394 e. The first kappa shape index (κ1) is 10.4. The van der Waals surface area contributed by atoms with Gasteiger partial charge in [0, 0.05) is 19.6 Å². The maximum absolute atomic E-state index is 10.9. The Morgan fingerprint density at radius 1 is 1.73 bits per heavy atom. The largest absolute Gasteiger partial charge is 0.394 e. The van der Waals surface area contributed by atoms with E-state index in [4.69, 9.17) is 9.84 Å². The highest BCUT2D eigenvalue weighted by atomic mass is 16.5. The predicted octanol–water partition coefficient (Wildman–Crippen LogP) is -0.480. The molecule has 0 aliphatic heterocycles. The molecule has 0 rings (SSSR count). The van der Waals surface area contributed by atoms with Gasteiger partial charge in [0.15, 0.2) is 0 Å². The van der Waals surface area contributed by atoms with Gasteiger partial charge in [-0.15, -0.1) is 0 Å². The number of carbonyl (C=O) groups excluding carboxylic acids is 1. The van der Waals surface area contributed by atoms with E-state index in [-0.39, 0.29) is 18.6 Å². The molecule has 11 heavy (non-hydrogen) atoms. The Bertz CT molecular complexity index is 116. The molecule has 1 atom stereocenters. The van der Waals surface area contributed by atoms with E-state index >= 15 is 0 Å². The van der Waals surface area contributed by atoms with Gasteiger partial charge >= 0.3 is 0 Å². The van der Waals surface area contributed by atoms with Crippen LogP contribution in [0.25, 0.3) is 0 Å². The monoisotopic (exact) mass is 161 g/mol. The van der Waals surface area contributed by atoms with Gasteiger partial charge in [0.1, 0.15) is 0 Å². The summed E-state index contributed by atoms with van der Waals surface area (Å²) in [6.45, 7) is 2.13. The van der Waals surface area contributed by atoms with Gasteiger partial charge in [-0.25, -0.2) is 0 Å². The number of amides is 1. The van der Waals surface area contributed by atoms with Crippen LogP contribution in [0.5, 0.6) is 0 Å². The molecule has 0 aromatic heterocycles. The lowest BCUT2D eigenvalue weighted by Crippen LogP contribution is -2.35. The summed E-state index contributed by atoms with van der Waals surface area (Å²) in [5.74, 6) is -0.0894. The van der Waals surface area contributed by atoms with Crippen LogP contribution in [-0.4, -0.2) is 37.4 Å². The third kappa shape index (κ3) is 5.82. The first-order chi connectivity index (χ1) is 5.20. The Kier molecular flexibility index (Phi) is 5.78. The molecule has 4 nitrogen and oxygen atoms in total. The topological polar surface area (TPSA) is 58.6 Å². The molecule has 0 aromatic carbocycles. The molecule has 0 bridgehead atoms. The van der Waals surface area contributed by atoms with E-state index in [1.807, 2.05) is 0 Å². The molecule has 0 saturated carbocycles. The number of hydrogen-bond acceptors (Lipinski definition) is 3. The van der Waals surface area contributed by atoms with E-state index in [0.29, 0.717) is 13.0 Å². The number of carbonyl (C=O) groups is 1. The fourth-order valence-electron chi connectivity index (χ4n) is 0.587. The van der Waals surface area contributed by atoms with Crippen molar-refractivity contribution in [1.82, 2.24) is 5.32 Å². The van der Waals surface area contributed by atoms with E-state index in [1.165, 1.54) is 0 Å². The normalized spacial score (nSPS) is 12.6. The second kappa shape index (κ2) is 6.12. The molecule has 4 heteroatoms. The molecule has 1 unspecified atom stereocenters. The molecule has 0 saturated heterocycles. The first-order valence-corrected chi connectivity index (χ1v) is 3.60. The van der Waals surface area contributed by atoms with Crippen LogP contribution >= 0.6 is 0 Å². The van der Waals surface area contributed by atoms with Gasteiger partial charge in [-0.1, -0.05) is 0 Å². The summed E-state index contributed by atoms with van der Waals surface area (Å²) in [6, 6.07) is -0.167. The lowest BCUT2D eigenvalue weighted by molar-refractivity contribution is -0.122. The lowest BCUT2D eigenvalue weighted by Gasteiger charge is -2.09. The predicted molar refractivity (Wildman–Crippen MR) is 41.2 cm³/mol. The molecule has 0 spiro atoms. The van der Waals surface area contributed by atoms with E-state index in [2.05, 4.69) is 5.32 Å². The van der Waals surface area contributed by atoms with Gasteiger partial charge in [0.25, 0.3) is 0 Å². The quantitative estimate of drug-likeness (QED) is 0.572. The molecular weight excluding hydrogens is 146 g/mol. The Morgan fingerprint density at radius 3 is 2.82 bits per heavy atom. The van der Waals surface area contributed by atoms with Crippen molar-refractivity contribution in [3.63, 3.8) is 0 Å². The summed E-state index contributed by atoms with van der Waals surface area (Å²) in [6.07, 6.45) is 0.348. The zero-order chi connectivity index (χ0) is 8.69. The van der Waals surface area contributed by atoms with E-state index < -0.39 is 0 Å². The van der Waals surface area contributed by atoms with Gasteiger partial charge in [-0.2, -0.15) is 0 Å². The van der Waals surface area contributed by atoms with Crippen LogP contribution in [0.3, 0.4) is 0 Å². The zero-order valence-electron chi connectivity index (χ0n) is 6.96. The van der Waals surface area contributed by atoms with Crippen molar-refractivity contribution in [2.24, 2.45) is 0 Å². The molecule has 0 aliphatic carbocycles. The van der Waals surface area contributed by atoms with E-state index in [9.17, 15) is 4.79 Å². The molecule has 0 aliphatic rings. The van der Waals surface area contributed by atoms with Crippen LogP contribution < -0.4 is 5.32 Å². The van der Waals surface area contributed by atoms with Crippen LogP contribution in [0.15, 0.2) is 0 Å². The third-order valence-electron chi connectivity index (χ3n) is 1.21. The average Bonchev–Trinajstić information content (AvgIpc) is 2.00. The summed E-state index contributed by atoms with van der Waals surface area (Å²) >= 11 is 0. The Morgan fingerprint density at radius 2 is 2.36 bits per heavy atom. The van der Waals surface area contributed by atoms with Crippen molar-refractivity contribution < 1.29 is 14.6 Å². The maximum Gasteiger partial charge on any atom is 0.222 e. The minimum atomic E-state index is -0.167. The Balaban J connectivity index is 3.36. The number of nitrogens with one attached hydrogen (secondary N) is 1. The summed E-state index contributed by atoms with van der Waals surface area (Å²) < 4.78 is 4.70. The molecule has 1 amide bonds. The number of hydrogen-bond donors (Lipinski definition) is 2. The molecule has 2 N–H and O–H groups in total. The standard InChI is InChI=1S/C7H15NO3/c1-6(5-9)8-7(10)3-4-11-2/h6,9H,3-5H2,1-2H3,(H,8,10). The fraction of sp³-hybridized carbons (Fsp3) is 0.857. The van der Waals surface area contributed by atoms with E-state index in [1.54, 1.807) is 14.0 Å². The highest BCUT2D eigenvalue weighted by molar-refractivity contribution is 5.76. The molecular formula is C7H15NO3. The van der Waals surface area contributed by atoms with Crippen molar-refractivity contribution in [3.05, 3.63) is 0 Å². The number of rotatable bonds is 5. The van der Waals surface area contributed by atoms with Crippen molar-refractivity contribution in [1.29, 1.82) is 0 Å². The van der Waals surface area contributed by atoms with Crippen molar-refractivity contribution >= 4 is 5.91 Å². The molecule has 0 radical (unpaired) electrons. The second-order valence-electron chi connectivity index (χ2n) is 2.39. The summed E-state index contributed by atoms with van der Waals surface area (Å²) in [5.41, 5.74) is 0. The van der Waals surface area contributed by atoms with Gasteiger partial charge in [0.05, 0.1) is 13.2 Å². The molecule has 0 heterocycles. The van der Waals surface area contributed by atoms with E-state index in [0.717, 1.165) is 0 Å². The number of methoxy groups -OCH3 is 1. The molecule has 0 aromatic rings. The summed E-state index contributed by atoms with van der Waals surface area (Å²) in [5, 5.41) is 11.2. The average molecular weight is 161 g/mol. The lowest BCUT2D eigenvalue weighted by atomic mass is 10.3. The first-order valence-electron chi connectivity index (χ1n) is 3.60. The Labute approximate surface area is 66.5 Å². The number of aliphatic hydroxyl groups excluding tert-OH is 1. The zero-order valence-corrected chi connectivity index (χ0v) is 6.96. The summed E-state index contributed by atoms with van der Waals surface area (Å²) in [4.78, 5) is 10.9. The SMILES string of the molecule is COCCC(=O)NC(C)CO. The van der Waals surface area contributed by atoms with Crippen LogP contribution in [0.2, 0.25) is 0 Å². The highest BCUT2D eigenvalue weighted by Gasteiger charge is 2.04. The van der Waals surface area contributed by atoms with Crippen molar-refractivity contribution in [2.75, 3.05) is 20.3 Å². The van der Waals surface area contributed by atoms with Crippen LogP contribution in [0, 0.1) is 0 Å². The van der Waals surface area contributed by atoms with Crippen molar-refractivity contribution in [2.45, 2.75) is 19.4 Å². The molecule has 66 valence electrons. The second-order valence-corrected chi connectivity index (χ2v) is 2.39. The number of aliphatic hydroxyl groups is 1. The summed E-state index contributed by atoms with van der Waals surface area (Å²) in [7, 11) is 1.54. The van der Waals surface area contributed by atoms with Gasteiger partial charge in [-0.05, 0) is 6.92 Å². The van der Waals surface area contributed by atoms with Crippen LogP contribution in [-0.2, 0) is 9.53 Å². The maximum atomic E-state index is 10.9. The Hall–Kier alpha value is -0.610. The smallest absolute Gasteiger partial charge is 0.222 e. The third-order valence-corrected chi connectivity index (χ3v) is 1.21. The van der Waals surface area contributed by atoms with Gasteiger partial charge in [0.2, 0.25) is 5.91 Å². The highest BCUT2D eigenvalue weighted by Crippen LogP contribution is 1.84. The fourth-order valence-corrected chi connectivity index (χ4v) is 0.587. The van der Waals surface area contributed by atoms with Gasteiger partial charge in [-0.3, -0.25) is 4.79 Å².